The number of carbonyl (C=O) groups is 3. The van der Waals surface area contributed by atoms with Gasteiger partial charge in [-0.05, 0) is 37.3 Å². The van der Waals surface area contributed by atoms with E-state index >= 15 is 0 Å². The molecule has 0 unspecified atom stereocenters. The highest BCUT2D eigenvalue weighted by atomic mass is 16.5. The number of morpholine rings is 1. The minimum Gasteiger partial charge on any atom is -0.487 e. The Morgan fingerprint density at radius 1 is 1.10 bits per heavy atom. The molecule has 2 aromatic rings. The third-order valence-corrected chi connectivity index (χ3v) is 7.53. The number of ether oxygens (including phenoxy) is 2. The molecule has 3 atom stereocenters. The monoisotopic (exact) mass is 567 g/mol. The molecule has 11 nitrogen and oxygen atoms in total. The van der Waals surface area contributed by atoms with Gasteiger partial charge in [0.15, 0.2) is 0 Å². The van der Waals surface area contributed by atoms with Crippen molar-refractivity contribution in [1.29, 1.82) is 0 Å². The zero-order chi connectivity index (χ0) is 29.4. The molecule has 3 N–H and O–H groups in total. The van der Waals surface area contributed by atoms with E-state index in [0.29, 0.717) is 55.4 Å². The van der Waals surface area contributed by atoms with E-state index in [1.54, 1.807) is 42.0 Å². The van der Waals surface area contributed by atoms with Gasteiger partial charge in [0.25, 0.3) is 5.91 Å². The molecule has 2 aliphatic heterocycles. The smallest absolute Gasteiger partial charge is 0.321 e. The number of carbonyl (C=O) groups excluding carboxylic acids is 3. The van der Waals surface area contributed by atoms with Crippen LogP contribution in [0.25, 0.3) is 0 Å². The number of aliphatic hydroxyl groups is 1. The van der Waals surface area contributed by atoms with E-state index in [2.05, 4.69) is 15.5 Å². The lowest BCUT2D eigenvalue weighted by atomic mass is 9.99. The molecule has 0 aliphatic carbocycles. The van der Waals surface area contributed by atoms with Crippen molar-refractivity contribution >= 4 is 29.2 Å². The number of para-hydroxylation sites is 1. The second kappa shape index (κ2) is 14.3. The van der Waals surface area contributed by atoms with Crippen molar-refractivity contribution in [1.82, 2.24) is 14.7 Å². The highest BCUT2D eigenvalue weighted by Gasteiger charge is 2.34. The highest BCUT2D eigenvalue weighted by Crippen LogP contribution is 2.31. The first-order valence-electron chi connectivity index (χ1n) is 14.1. The Kier molecular flexibility index (Phi) is 10.6. The van der Waals surface area contributed by atoms with Crippen molar-refractivity contribution in [3.63, 3.8) is 0 Å². The van der Waals surface area contributed by atoms with Crippen molar-refractivity contribution < 1.29 is 29.0 Å². The number of nitrogens with one attached hydrogen (secondary N) is 2. The molecule has 2 heterocycles. The van der Waals surface area contributed by atoms with Crippen LogP contribution in [0.4, 0.5) is 16.2 Å². The van der Waals surface area contributed by atoms with Crippen molar-refractivity contribution in [2.24, 2.45) is 5.92 Å². The van der Waals surface area contributed by atoms with E-state index < -0.39 is 12.1 Å². The van der Waals surface area contributed by atoms with E-state index in [4.69, 9.17) is 9.47 Å². The van der Waals surface area contributed by atoms with Crippen molar-refractivity contribution in [2.45, 2.75) is 32.4 Å². The van der Waals surface area contributed by atoms with E-state index in [-0.39, 0.29) is 36.9 Å². The molecular formula is C30H41N5O6. The maximum absolute atomic E-state index is 13.7. The Morgan fingerprint density at radius 2 is 1.83 bits per heavy atom. The third kappa shape index (κ3) is 8.18. The number of hydrogen-bond donors (Lipinski definition) is 3. The van der Waals surface area contributed by atoms with Crippen LogP contribution in [0.2, 0.25) is 0 Å². The van der Waals surface area contributed by atoms with Crippen molar-refractivity contribution in [3.05, 3.63) is 54.1 Å². The summed E-state index contributed by atoms with van der Waals surface area (Å²) in [6, 6.07) is 13.5. The molecular weight excluding hydrogens is 526 g/mol. The van der Waals surface area contributed by atoms with Crippen LogP contribution in [0.15, 0.2) is 48.5 Å². The van der Waals surface area contributed by atoms with Gasteiger partial charge in [-0.3, -0.25) is 14.5 Å². The molecule has 41 heavy (non-hydrogen) atoms. The van der Waals surface area contributed by atoms with Gasteiger partial charge >= 0.3 is 6.03 Å². The number of hydrogen-bond acceptors (Lipinski definition) is 7. The SMILES string of the molecule is C[C@@H]1CN([C@@H](C)CO)C(=O)c2cc(NC(=O)CCN3CCOCC3)ccc2O[C@@H]1CN(C)C(=O)Nc1ccccc1. The fourth-order valence-corrected chi connectivity index (χ4v) is 4.92. The summed E-state index contributed by atoms with van der Waals surface area (Å²) >= 11 is 0. The molecule has 2 aromatic carbocycles. The molecule has 0 aromatic heterocycles. The minimum absolute atomic E-state index is 0.145. The number of anilines is 2. The Morgan fingerprint density at radius 3 is 2.54 bits per heavy atom. The van der Waals surface area contributed by atoms with Gasteiger partial charge in [0.05, 0.1) is 38.0 Å². The van der Waals surface area contributed by atoms with Crippen molar-refractivity contribution in [3.8, 4) is 5.75 Å². The summed E-state index contributed by atoms with van der Waals surface area (Å²) in [5, 5.41) is 15.7. The van der Waals surface area contributed by atoms with E-state index in [0.717, 1.165) is 13.1 Å². The van der Waals surface area contributed by atoms with E-state index in [9.17, 15) is 19.5 Å². The number of nitrogens with zero attached hydrogens (tertiary/aromatic N) is 3. The van der Waals surface area contributed by atoms with Crippen LogP contribution < -0.4 is 15.4 Å². The summed E-state index contributed by atoms with van der Waals surface area (Å²) in [5.41, 5.74) is 1.48. The average molecular weight is 568 g/mol. The third-order valence-electron chi connectivity index (χ3n) is 7.53. The lowest BCUT2D eigenvalue weighted by Gasteiger charge is -2.38. The Balaban J connectivity index is 1.49. The first-order valence-corrected chi connectivity index (χ1v) is 14.1. The Labute approximate surface area is 241 Å². The van der Waals surface area contributed by atoms with Gasteiger partial charge in [-0.25, -0.2) is 4.79 Å². The van der Waals surface area contributed by atoms with Gasteiger partial charge in [0.1, 0.15) is 11.9 Å². The molecule has 11 heteroatoms. The predicted molar refractivity (Wildman–Crippen MR) is 156 cm³/mol. The first-order chi connectivity index (χ1) is 19.7. The average Bonchev–Trinajstić information content (AvgIpc) is 2.98. The topological polar surface area (TPSA) is 124 Å². The molecule has 0 radical (unpaired) electrons. The fraction of sp³-hybridized carbons (Fsp3) is 0.500. The number of fused-ring (bicyclic) bond motifs is 1. The molecule has 0 saturated carbocycles. The molecule has 222 valence electrons. The second-order valence-corrected chi connectivity index (χ2v) is 10.8. The maximum Gasteiger partial charge on any atom is 0.321 e. The first kappa shape index (κ1) is 30.3. The summed E-state index contributed by atoms with van der Waals surface area (Å²) in [6.45, 7) is 7.74. The summed E-state index contributed by atoms with van der Waals surface area (Å²) in [6.07, 6.45) is -0.109. The predicted octanol–water partition coefficient (Wildman–Crippen LogP) is 2.73. The fourth-order valence-electron chi connectivity index (χ4n) is 4.92. The second-order valence-electron chi connectivity index (χ2n) is 10.8. The number of likely N-dealkylation sites (N-methyl/N-ethyl adjacent to an activating group) is 1. The molecule has 1 fully saturated rings. The Hall–Kier alpha value is -3.67. The molecule has 0 spiro atoms. The van der Waals surface area contributed by atoms with Gasteiger partial charge in [0.2, 0.25) is 5.91 Å². The number of amides is 4. The molecule has 4 rings (SSSR count). The van der Waals surface area contributed by atoms with Crippen molar-refractivity contribution in [2.75, 3.05) is 70.2 Å². The standard InChI is InChI=1S/C30H41N5O6/c1-21-18-35(22(2)20-36)29(38)25-17-24(31-28(37)11-12-34-13-15-40-16-14-34)9-10-26(25)41-27(21)19-33(3)30(39)32-23-7-5-4-6-8-23/h4-10,17,21-22,27,36H,11-16,18-20H2,1-3H3,(H,31,37)(H,32,39)/t21-,22+,27-/m1/s1. The van der Waals surface area contributed by atoms with Crippen LogP contribution in [-0.2, 0) is 9.53 Å². The highest BCUT2D eigenvalue weighted by molar-refractivity contribution is 6.00. The zero-order valence-corrected chi connectivity index (χ0v) is 24.0. The summed E-state index contributed by atoms with van der Waals surface area (Å²) < 4.78 is 11.7. The number of aliphatic hydroxyl groups excluding tert-OH is 1. The van der Waals surface area contributed by atoms with Gasteiger partial charge in [-0.2, -0.15) is 0 Å². The van der Waals surface area contributed by atoms with Crippen LogP contribution in [0, 0.1) is 5.92 Å². The van der Waals surface area contributed by atoms with E-state index in [1.165, 1.54) is 0 Å². The maximum atomic E-state index is 13.7. The number of urea groups is 1. The van der Waals surface area contributed by atoms with Crippen LogP contribution in [0.5, 0.6) is 5.75 Å². The summed E-state index contributed by atoms with van der Waals surface area (Å²) in [4.78, 5) is 44.6. The Bertz CT molecular complexity index is 1190. The molecule has 4 amide bonds. The van der Waals surface area contributed by atoms with Gasteiger partial charge in [0, 0.05) is 56.9 Å². The lowest BCUT2D eigenvalue weighted by molar-refractivity contribution is -0.116. The normalized spacial score (nSPS) is 20.2. The number of benzene rings is 2. The van der Waals surface area contributed by atoms with Crippen LogP contribution >= 0.6 is 0 Å². The molecule has 0 bridgehead atoms. The number of rotatable bonds is 9. The largest absolute Gasteiger partial charge is 0.487 e. The van der Waals surface area contributed by atoms with Crippen LogP contribution in [0.3, 0.4) is 0 Å². The van der Waals surface area contributed by atoms with Crippen LogP contribution in [-0.4, -0.2) is 109 Å². The molecule has 1 saturated heterocycles. The quantitative estimate of drug-likeness (QED) is 0.426. The van der Waals surface area contributed by atoms with Gasteiger partial charge < -0.3 is 35.0 Å². The molecule has 2 aliphatic rings. The van der Waals surface area contributed by atoms with Gasteiger partial charge in [-0.15, -0.1) is 0 Å². The summed E-state index contributed by atoms with van der Waals surface area (Å²) in [5.74, 6) is -0.210. The van der Waals surface area contributed by atoms with E-state index in [1.807, 2.05) is 37.3 Å². The van der Waals surface area contributed by atoms with Gasteiger partial charge in [-0.1, -0.05) is 25.1 Å². The lowest BCUT2D eigenvalue weighted by Crippen LogP contribution is -2.50. The zero-order valence-electron chi connectivity index (χ0n) is 24.0. The van der Waals surface area contributed by atoms with Crippen LogP contribution in [0.1, 0.15) is 30.6 Å². The summed E-state index contributed by atoms with van der Waals surface area (Å²) in [7, 11) is 1.70. The minimum atomic E-state index is -0.435.